The molecule has 2 saturated carbocycles. The number of nitrogens with one attached hydrogen (secondary N) is 1. The van der Waals surface area contributed by atoms with Crippen LogP contribution in [0.25, 0.3) is 0 Å². The summed E-state index contributed by atoms with van der Waals surface area (Å²) in [6.07, 6.45) is 8.08. The van der Waals surface area contributed by atoms with E-state index in [1.165, 1.54) is 37.1 Å². The predicted molar refractivity (Wildman–Crippen MR) is 87.4 cm³/mol. The molecule has 2 aliphatic carbocycles. The fraction of sp³-hybridized carbons (Fsp3) is 0.833. The van der Waals surface area contributed by atoms with Crippen molar-refractivity contribution < 1.29 is 0 Å². The summed E-state index contributed by atoms with van der Waals surface area (Å²) in [6.45, 7) is 8.72. The van der Waals surface area contributed by atoms with Gasteiger partial charge in [-0.2, -0.15) is 5.10 Å². The highest BCUT2D eigenvalue weighted by Crippen LogP contribution is 2.57. The predicted octanol–water partition coefficient (Wildman–Crippen LogP) is 3.42. The zero-order chi connectivity index (χ0) is 14.8. The molecule has 0 aliphatic heterocycles. The largest absolute Gasteiger partial charge is 0.314 e. The van der Waals surface area contributed by atoms with Gasteiger partial charge < -0.3 is 5.32 Å². The molecule has 1 N–H and O–H groups in total. The molecular weight excluding hydrogens is 258 g/mol. The van der Waals surface area contributed by atoms with Crippen LogP contribution in [0.1, 0.15) is 57.8 Å². The lowest BCUT2D eigenvalue weighted by molar-refractivity contribution is 0.424. The Morgan fingerprint density at radius 1 is 1.24 bits per heavy atom. The molecule has 1 aromatic rings. The third-order valence-electron chi connectivity index (χ3n) is 5.66. The van der Waals surface area contributed by atoms with Gasteiger partial charge in [0.2, 0.25) is 0 Å². The number of aryl methyl sites for hydroxylation is 2. The molecule has 3 unspecified atom stereocenters. The molecule has 3 nitrogen and oxygen atoms in total. The first-order valence-corrected chi connectivity index (χ1v) is 9.07. The Labute approximate surface area is 129 Å². The molecule has 21 heavy (non-hydrogen) atoms. The standard InChI is InChI=1S/C18H31N3/c1-4-13-11-14(21(6-3)20-13)12-17(19-5-2)18-15-9-7-8-10-16(15)18/h11,15-19H,4-10,12H2,1-3H3. The second-order valence-corrected chi connectivity index (χ2v) is 6.85. The SMILES string of the molecule is CCNC(Cc1cc(CC)nn1CC)C1C2CCCCC21. The fourth-order valence-electron chi connectivity index (χ4n) is 4.60. The number of hydrogen-bond acceptors (Lipinski definition) is 2. The van der Waals surface area contributed by atoms with Crippen LogP contribution in [0.3, 0.4) is 0 Å². The third kappa shape index (κ3) is 3.03. The van der Waals surface area contributed by atoms with Crippen molar-refractivity contribution >= 4 is 0 Å². The monoisotopic (exact) mass is 289 g/mol. The van der Waals surface area contributed by atoms with Crippen molar-refractivity contribution in [2.24, 2.45) is 17.8 Å². The highest BCUT2D eigenvalue weighted by Gasteiger charge is 2.53. The van der Waals surface area contributed by atoms with E-state index in [0.29, 0.717) is 6.04 Å². The minimum Gasteiger partial charge on any atom is -0.314 e. The first kappa shape index (κ1) is 15.1. The minimum atomic E-state index is 0.662. The van der Waals surface area contributed by atoms with E-state index in [2.05, 4.69) is 36.8 Å². The Bertz CT molecular complexity index is 453. The van der Waals surface area contributed by atoms with Gasteiger partial charge >= 0.3 is 0 Å². The molecule has 1 heterocycles. The second-order valence-electron chi connectivity index (χ2n) is 6.85. The van der Waals surface area contributed by atoms with Crippen LogP contribution in [-0.2, 0) is 19.4 Å². The fourth-order valence-corrected chi connectivity index (χ4v) is 4.60. The second kappa shape index (κ2) is 6.51. The number of hydrogen-bond donors (Lipinski definition) is 1. The van der Waals surface area contributed by atoms with Gasteiger partial charge in [0, 0.05) is 24.7 Å². The maximum absolute atomic E-state index is 4.72. The van der Waals surface area contributed by atoms with Crippen molar-refractivity contribution in [3.8, 4) is 0 Å². The van der Waals surface area contributed by atoms with Crippen LogP contribution < -0.4 is 5.32 Å². The molecule has 0 aromatic carbocycles. The number of nitrogens with zero attached hydrogens (tertiary/aromatic N) is 2. The molecule has 1 aromatic heterocycles. The average Bonchev–Trinajstić information content (AvgIpc) is 3.11. The topological polar surface area (TPSA) is 29.9 Å². The number of rotatable bonds is 7. The van der Waals surface area contributed by atoms with E-state index in [9.17, 15) is 0 Å². The highest BCUT2D eigenvalue weighted by atomic mass is 15.3. The summed E-state index contributed by atoms with van der Waals surface area (Å²) < 4.78 is 2.22. The van der Waals surface area contributed by atoms with Crippen molar-refractivity contribution in [2.45, 2.75) is 71.9 Å². The van der Waals surface area contributed by atoms with Crippen LogP contribution in [0.15, 0.2) is 6.07 Å². The lowest BCUT2D eigenvalue weighted by atomic mass is 10.0. The van der Waals surface area contributed by atoms with E-state index in [1.54, 1.807) is 0 Å². The molecule has 0 spiro atoms. The van der Waals surface area contributed by atoms with E-state index in [4.69, 9.17) is 5.10 Å². The van der Waals surface area contributed by atoms with Crippen LogP contribution in [0.5, 0.6) is 0 Å². The molecule has 0 bridgehead atoms. The van der Waals surface area contributed by atoms with Gasteiger partial charge in [0.1, 0.15) is 0 Å². The van der Waals surface area contributed by atoms with Gasteiger partial charge in [0.25, 0.3) is 0 Å². The van der Waals surface area contributed by atoms with Gasteiger partial charge in [0.15, 0.2) is 0 Å². The zero-order valence-corrected chi connectivity index (χ0v) is 13.9. The van der Waals surface area contributed by atoms with Crippen LogP contribution in [-0.4, -0.2) is 22.4 Å². The van der Waals surface area contributed by atoms with Gasteiger partial charge in [-0.05, 0) is 56.6 Å². The molecule has 2 fully saturated rings. The van der Waals surface area contributed by atoms with Crippen molar-refractivity contribution in [1.82, 2.24) is 15.1 Å². The highest BCUT2D eigenvalue weighted by molar-refractivity contribution is 5.15. The Morgan fingerprint density at radius 2 is 1.95 bits per heavy atom. The maximum Gasteiger partial charge on any atom is 0.0624 e. The Morgan fingerprint density at radius 3 is 2.52 bits per heavy atom. The third-order valence-corrected chi connectivity index (χ3v) is 5.66. The average molecular weight is 289 g/mol. The van der Waals surface area contributed by atoms with Crippen molar-refractivity contribution in [2.75, 3.05) is 6.54 Å². The molecule has 3 heteroatoms. The Balaban J connectivity index is 1.72. The lowest BCUT2D eigenvalue weighted by Gasteiger charge is -2.19. The van der Waals surface area contributed by atoms with Crippen LogP contribution in [0, 0.1) is 17.8 Å². The van der Waals surface area contributed by atoms with E-state index in [1.807, 2.05) is 0 Å². The molecule has 2 aliphatic rings. The Kier molecular flexibility index (Phi) is 4.68. The molecule has 3 rings (SSSR count). The number of aromatic nitrogens is 2. The summed E-state index contributed by atoms with van der Waals surface area (Å²) in [4.78, 5) is 0. The van der Waals surface area contributed by atoms with E-state index >= 15 is 0 Å². The first-order valence-electron chi connectivity index (χ1n) is 9.07. The van der Waals surface area contributed by atoms with Gasteiger partial charge in [0.05, 0.1) is 5.69 Å². The number of fused-ring (bicyclic) bond motifs is 1. The summed E-state index contributed by atoms with van der Waals surface area (Å²) >= 11 is 0. The van der Waals surface area contributed by atoms with Gasteiger partial charge in [-0.25, -0.2) is 0 Å². The van der Waals surface area contributed by atoms with Crippen molar-refractivity contribution in [3.05, 3.63) is 17.5 Å². The first-order chi connectivity index (χ1) is 10.3. The van der Waals surface area contributed by atoms with Gasteiger partial charge in [-0.15, -0.1) is 0 Å². The van der Waals surface area contributed by atoms with Crippen molar-refractivity contribution in [1.29, 1.82) is 0 Å². The number of likely N-dealkylation sites (N-methyl/N-ethyl adjacent to an activating group) is 1. The molecule has 0 amide bonds. The molecule has 0 radical (unpaired) electrons. The van der Waals surface area contributed by atoms with Gasteiger partial charge in [-0.3, -0.25) is 4.68 Å². The Hall–Kier alpha value is -0.830. The van der Waals surface area contributed by atoms with Gasteiger partial charge in [-0.1, -0.05) is 26.7 Å². The summed E-state index contributed by atoms with van der Waals surface area (Å²) in [5.41, 5.74) is 2.68. The van der Waals surface area contributed by atoms with Crippen LogP contribution in [0.4, 0.5) is 0 Å². The lowest BCUT2D eigenvalue weighted by Crippen LogP contribution is -2.34. The molecule has 118 valence electrons. The van der Waals surface area contributed by atoms with E-state index in [0.717, 1.165) is 43.7 Å². The molecular formula is C18H31N3. The normalized spacial score (nSPS) is 29.2. The minimum absolute atomic E-state index is 0.662. The van der Waals surface area contributed by atoms with Crippen LogP contribution in [0.2, 0.25) is 0 Å². The summed E-state index contributed by atoms with van der Waals surface area (Å²) in [6, 6.07) is 3.00. The summed E-state index contributed by atoms with van der Waals surface area (Å²) in [7, 11) is 0. The maximum atomic E-state index is 4.72. The molecule has 0 saturated heterocycles. The van der Waals surface area contributed by atoms with E-state index in [-0.39, 0.29) is 0 Å². The smallest absolute Gasteiger partial charge is 0.0624 e. The molecule has 3 atom stereocenters. The quantitative estimate of drug-likeness (QED) is 0.833. The van der Waals surface area contributed by atoms with Crippen LogP contribution >= 0.6 is 0 Å². The van der Waals surface area contributed by atoms with E-state index < -0.39 is 0 Å². The summed E-state index contributed by atoms with van der Waals surface area (Å²) in [5, 5.41) is 8.51. The zero-order valence-electron chi connectivity index (χ0n) is 13.9. The summed E-state index contributed by atoms with van der Waals surface area (Å²) in [5.74, 6) is 2.97. The van der Waals surface area contributed by atoms with Crippen molar-refractivity contribution in [3.63, 3.8) is 0 Å².